The van der Waals surface area contributed by atoms with E-state index in [4.69, 9.17) is 10.3 Å². The van der Waals surface area contributed by atoms with E-state index in [0.29, 0.717) is 0 Å². The summed E-state index contributed by atoms with van der Waals surface area (Å²) >= 11 is 0. The summed E-state index contributed by atoms with van der Waals surface area (Å²) in [6, 6.07) is 4.26. The SMILES string of the molecule is CC(N)c1nc(-c2cccc(C(F)(F)F)c2)no1. The van der Waals surface area contributed by atoms with Gasteiger partial charge in [0.2, 0.25) is 11.7 Å². The molecule has 4 nitrogen and oxygen atoms in total. The van der Waals surface area contributed by atoms with Crippen LogP contribution in [0.25, 0.3) is 11.4 Å². The van der Waals surface area contributed by atoms with Gasteiger partial charge < -0.3 is 10.3 Å². The molecule has 7 heteroatoms. The van der Waals surface area contributed by atoms with E-state index in [0.717, 1.165) is 12.1 Å². The highest BCUT2D eigenvalue weighted by Crippen LogP contribution is 2.31. The van der Waals surface area contributed by atoms with Crippen LogP contribution in [-0.2, 0) is 6.18 Å². The van der Waals surface area contributed by atoms with Crippen molar-refractivity contribution in [2.45, 2.75) is 19.1 Å². The van der Waals surface area contributed by atoms with Crippen LogP contribution >= 0.6 is 0 Å². The van der Waals surface area contributed by atoms with E-state index >= 15 is 0 Å². The van der Waals surface area contributed by atoms with Crippen molar-refractivity contribution >= 4 is 0 Å². The van der Waals surface area contributed by atoms with Crippen molar-refractivity contribution in [1.82, 2.24) is 10.1 Å². The molecule has 1 aromatic carbocycles. The normalized spacial score (nSPS) is 13.6. The van der Waals surface area contributed by atoms with E-state index in [1.807, 2.05) is 0 Å². The zero-order valence-corrected chi connectivity index (χ0v) is 9.40. The molecule has 1 atom stereocenters. The molecule has 0 saturated carbocycles. The second-order valence-corrected chi connectivity index (χ2v) is 3.82. The fourth-order valence-electron chi connectivity index (χ4n) is 1.37. The molecule has 0 aliphatic heterocycles. The summed E-state index contributed by atoms with van der Waals surface area (Å²) in [6.07, 6.45) is -4.40. The minimum atomic E-state index is -4.40. The molecule has 0 aliphatic carbocycles. The zero-order chi connectivity index (χ0) is 13.3. The summed E-state index contributed by atoms with van der Waals surface area (Å²) in [5, 5.41) is 3.60. The van der Waals surface area contributed by atoms with Crippen LogP contribution in [0.3, 0.4) is 0 Å². The van der Waals surface area contributed by atoms with Gasteiger partial charge in [-0.15, -0.1) is 0 Å². The van der Waals surface area contributed by atoms with Crippen molar-refractivity contribution in [1.29, 1.82) is 0 Å². The summed E-state index contributed by atoms with van der Waals surface area (Å²) < 4.78 is 42.4. The van der Waals surface area contributed by atoms with Gasteiger partial charge in [0.25, 0.3) is 0 Å². The maximum absolute atomic E-state index is 12.5. The van der Waals surface area contributed by atoms with Crippen molar-refractivity contribution in [2.24, 2.45) is 5.73 Å². The smallest absolute Gasteiger partial charge is 0.337 e. The van der Waals surface area contributed by atoms with Crippen LogP contribution in [0.4, 0.5) is 13.2 Å². The predicted molar refractivity (Wildman–Crippen MR) is 57.3 cm³/mol. The predicted octanol–water partition coefficient (Wildman–Crippen LogP) is 2.78. The van der Waals surface area contributed by atoms with Crippen molar-refractivity contribution in [3.8, 4) is 11.4 Å². The maximum Gasteiger partial charge on any atom is 0.416 e. The lowest BCUT2D eigenvalue weighted by molar-refractivity contribution is -0.137. The monoisotopic (exact) mass is 257 g/mol. The third kappa shape index (κ3) is 2.51. The van der Waals surface area contributed by atoms with Crippen molar-refractivity contribution < 1.29 is 17.7 Å². The van der Waals surface area contributed by atoms with Crippen molar-refractivity contribution in [2.75, 3.05) is 0 Å². The fraction of sp³-hybridized carbons (Fsp3) is 0.273. The molecular weight excluding hydrogens is 247 g/mol. The Hall–Kier alpha value is -1.89. The topological polar surface area (TPSA) is 64.9 Å². The highest BCUT2D eigenvalue weighted by Gasteiger charge is 2.30. The first kappa shape index (κ1) is 12.6. The first-order valence-electron chi connectivity index (χ1n) is 5.15. The number of benzene rings is 1. The number of rotatable bonds is 2. The Morgan fingerprint density at radius 1 is 1.33 bits per heavy atom. The van der Waals surface area contributed by atoms with E-state index < -0.39 is 17.8 Å². The molecule has 0 bridgehead atoms. The molecule has 0 aliphatic rings. The lowest BCUT2D eigenvalue weighted by Crippen LogP contribution is -2.05. The number of nitrogens with two attached hydrogens (primary N) is 1. The van der Waals surface area contributed by atoms with Gasteiger partial charge in [-0.2, -0.15) is 18.2 Å². The highest BCUT2D eigenvalue weighted by molar-refractivity contribution is 5.55. The number of alkyl halides is 3. The fourth-order valence-corrected chi connectivity index (χ4v) is 1.37. The molecule has 1 heterocycles. The van der Waals surface area contributed by atoms with E-state index in [9.17, 15) is 13.2 Å². The number of halogens is 3. The number of hydrogen-bond acceptors (Lipinski definition) is 4. The minimum Gasteiger partial charge on any atom is -0.337 e. The van der Waals surface area contributed by atoms with Crippen LogP contribution < -0.4 is 5.73 Å². The minimum absolute atomic E-state index is 0.0911. The molecule has 2 N–H and O–H groups in total. The standard InChI is InChI=1S/C11H10F3N3O/c1-6(15)10-16-9(17-18-10)7-3-2-4-8(5-7)11(12,13)14/h2-6H,15H2,1H3. The van der Waals surface area contributed by atoms with Crippen LogP contribution in [0.1, 0.15) is 24.4 Å². The van der Waals surface area contributed by atoms with Gasteiger partial charge in [-0.05, 0) is 19.1 Å². The summed E-state index contributed by atoms with van der Waals surface area (Å²) in [7, 11) is 0. The Balaban J connectivity index is 2.38. The van der Waals surface area contributed by atoms with Gasteiger partial charge in [0, 0.05) is 5.56 Å². The van der Waals surface area contributed by atoms with Crippen LogP contribution in [0, 0.1) is 0 Å². The molecule has 1 unspecified atom stereocenters. The molecule has 0 saturated heterocycles. The van der Waals surface area contributed by atoms with Crippen LogP contribution in [0.15, 0.2) is 28.8 Å². The molecule has 0 radical (unpaired) electrons. The molecule has 96 valence electrons. The van der Waals surface area contributed by atoms with E-state index in [1.54, 1.807) is 6.92 Å². The Labute approximate surface area is 101 Å². The lowest BCUT2D eigenvalue weighted by Gasteiger charge is -2.06. The third-order valence-electron chi connectivity index (χ3n) is 2.28. The van der Waals surface area contributed by atoms with Gasteiger partial charge in [0.1, 0.15) is 0 Å². The van der Waals surface area contributed by atoms with Crippen molar-refractivity contribution in [3.63, 3.8) is 0 Å². The van der Waals surface area contributed by atoms with E-state index in [1.165, 1.54) is 12.1 Å². The Bertz CT molecular complexity index is 548. The van der Waals surface area contributed by atoms with Gasteiger partial charge in [-0.1, -0.05) is 17.3 Å². The largest absolute Gasteiger partial charge is 0.416 e. The van der Waals surface area contributed by atoms with Crippen LogP contribution in [-0.4, -0.2) is 10.1 Å². The molecular formula is C11H10F3N3O. The van der Waals surface area contributed by atoms with Gasteiger partial charge in [0.15, 0.2) is 0 Å². The average molecular weight is 257 g/mol. The Morgan fingerprint density at radius 2 is 2.06 bits per heavy atom. The summed E-state index contributed by atoms with van der Waals surface area (Å²) in [5.74, 6) is 0.274. The van der Waals surface area contributed by atoms with Crippen molar-refractivity contribution in [3.05, 3.63) is 35.7 Å². The first-order chi connectivity index (χ1) is 8.38. The van der Waals surface area contributed by atoms with E-state index in [-0.39, 0.29) is 17.3 Å². The molecule has 18 heavy (non-hydrogen) atoms. The quantitative estimate of drug-likeness (QED) is 0.898. The number of hydrogen-bond donors (Lipinski definition) is 1. The molecule has 2 rings (SSSR count). The van der Waals surface area contributed by atoms with E-state index in [2.05, 4.69) is 10.1 Å². The second kappa shape index (κ2) is 4.41. The highest BCUT2D eigenvalue weighted by atomic mass is 19.4. The third-order valence-corrected chi connectivity index (χ3v) is 2.28. The second-order valence-electron chi connectivity index (χ2n) is 3.82. The molecule has 0 spiro atoms. The van der Waals surface area contributed by atoms with Gasteiger partial charge in [0.05, 0.1) is 11.6 Å². The average Bonchev–Trinajstić information content (AvgIpc) is 2.77. The zero-order valence-electron chi connectivity index (χ0n) is 9.40. The first-order valence-corrected chi connectivity index (χ1v) is 5.15. The van der Waals surface area contributed by atoms with Crippen LogP contribution in [0.2, 0.25) is 0 Å². The molecule has 1 aromatic heterocycles. The molecule has 0 fully saturated rings. The molecule has 2 aromatic rings. The summed E-state index contributed by atoms with van der Waals surface area (Å²) in [6.45, 7) is 1.64. The Morgan fingerprint density at radius 3 is 2.61 bits per heavy atom. The number of nitrogens with zero attached hydrogens (tertiary/aromatic N) is 2. The number of aromatic nitrogens is 2. The molecule has 0 amide bonds. The van der Waals surface area contributed by atoms with Gasteiger partial charge in [-0.25, -0.2) is 0 Å². The summed E-state index contributed by atoms with van der Waals surface area (Å²) in [5.41, 5.74) is 5.01. The maximum atomic E-state index is 12.5. The lowest BCUT2D eigenvalue weighted by atomic mass is 10.1. The van der Waals surface area contributed by atoms with Gasteiger partial charge in [-0.3, -0.25) is 0 Å². The van der Waals surface area contributed by atoms with Crippen LogP contribution in [0.5, 0.6) is 0 Å². The summed E-state index contributed by atoms with van der Waals surface area (Å²) in [4.78, 5) is 3.93. The van der Waals surface area contributed by atoms with Gasteiger partial charge >= 0.3 is 6.18 Å². The Kier molecular flexibility index (Phi) is 3.08.